The predicted octanol–water partition coefficient (Wildman–Crippen LogP) is 2.69. The number of hydrogen-bond acceptors (Lipinski definition) is 4. The summed E-state index contributed by atoms with van der Waals surface area (Å²) in [5, 5.41) is 18.3. The summed E-state index contributed by atoms with van der Waals surface area (Å²) in [6.45, 7) is 3.26. The Morgan fingerprint density at radius 2 is 2.20 bits per heavy atom. The van der Waals surface area contributed by atoms with Gasteiger partial charge >= 0.3 is 0 Å². The Bertz CT molecular complexity index is 639. The lowest BCUT2D eigenvalue weighted by atomic mass is 10.2. The van der Waals surface area contributed by atoms with Gasteiger partial charge in [0.05, 0.1) is 15.6 Å². The number of nitro benzene ring substituents is 1. The van der Waals surface area contributed by atoms with Gasteiger partial charge in [0.1, 0.15) is 0 Å². The molecule has 0 amide bonds. The molecule has 1 aromatic carbocycles. The van der Waals surface area contributed by atoms with E-state index in [1.807, 2.05) is 30.9 Å². The molecule has 0 aliphatic heterocycles. The zero-order valence-corrected chi connectivity index (χ0v) is 12.8. The molecule has 7 heteroatoms. The van der Waals surface area contributed by atoms with Crippen LogP contribution in [0.2, 0.25) is 0 Å². The van der Waals surface area contributed by atoms with E-state index < -0.39 is 4.92 Å². The van der Waals surface area contributed by atoms with E-state index in [2.05, 4.69) is 26.3 Å². The highest BCUT2D eigenvalue weighted by Gasteiger charge is 2.12. The third-order valence-electron chi connectivity index (χ3n) is 3.19. The third kappa shape index (κ3) is 3.23. The van der Waals surface area contributed by atoms with Gasteiger partial charge in [0.2, 0.25) is 0 Å². The number of rotatable bonds is 5. The van der Waals surface area contributed by atoms with Gasteiger partial charge in [-0.1, -0.05) is 6.07 Å². The number of halogens is 1. The topological polar surface area (TPSA) is 73.0 Å². The molecule has 0 saturated carbocycles. The van der Waals surface area contributed by atoms with E-state index in [4.69, 9.17) is 0 Å². The minimum Gasteiger partial charge on any atom is -0.308 e. The Morgan fingerprint density at radius 1 is 1.45 bits per heavy atom. The molecule has 1 heterocycles. The van der Waals surface area contributed by atoms with Crippen molar-refractivity contribution in [3.05, 3.63) is 55.8 Å². The molecule has 106 valence electrons. The summed E-state index contributed by atoms with van der Waals surface area (Å²) in [5.41, 5.74) is 3.20. The second kappa shape index (κ2) is 6.15. The van der Waals surface area contributed by atoms with Crippen molar-refractivity contribution < 1.29 is 4.92 Å². The Morgan fingerprint density at radius 3 is 2.80 bits per heavy atom. The molecular formula is C13H15BrN4O2. The maximum absolute atomic E-state index is 10.9. The number of benzene rings is 1. The summed E-state index contributed by atoms with van der Waals surface area (Å²) < 4.78 is 2.32. The van der Waals surface area contributed by atoms with Crippen LogP contribution in [0.4, 0.5) is 5.69 Å². The van der Waals surface area contributed by atoms with Crippen LogP contribution in [0.1, 0.15) is 16.8 Å². The molecule has 0 radical (unpaired) electrons. The van der Waals surface area contributed by atoms with Gasteiger partial charge in [-0.05, 0) is 34.5 Å². The van der Waals surface area contributed by atoms with Gasteiger partial charge in [-0.3, -0.25) is 14.8 Å². The smallest absolute Gasteiger partial charge is 0.283 e. The SMILES string of the molecule is Cc1c(CNCc2ccc(Br)c([N+](=O)[O-])c2)cnn1C. The molecule has 0 aliphatic carbocycles. The van der Waals surface area contributed by atoms with Crippen LogP contribution in [0.3, 0.4) is 0 Å². The van der Waals surface area contributed by atoms with Crippen LogP contribution in [0.25, 0.3) is 0 Å². The molecular weight excluding hydrogens is 324 g/mol. The van der Waals surface area contributed by atoms with Gasteiger partial charge in [-0.2, -0.15) is 5.10 Å². The minimum absolute atomic E-state index is 0.0851. The van der Waals surface area contributed by atoms with Crippen LogP contribution in [0.15, 0.2) is 28.9 Å². The lowest BCUT2D eigenvalue weighted by molar-refractivity contribution is -0.385. The van der Waals surface area contributed by atoms with Crippen molar-refractivity contribution in [2.45, 2.75) is 20.0 Å². The fraction of sp³-hybridized carbons (Fsp3) is 0.308. The van der Waals surface area contributed by atoms with Crippen molar-refractivity contribution in [2.75, 3.05) is 0 Å². The highest BCUT2D eigenvalue weighted by molar-refractivity contribution is 9.10. The Balaban J connectivity index is 1.99. The van der Waals surface area contributed by atoms with Gasteiger partial charge in [-0.25, -0.2) is 0 Å². The van der Waals surface area contributed by atoms with E-state index in [-0.39, 0.29) is 5.69 Å². The maximum Gasteiger partial charge on any atom is 0.283 e. The molecule has 0 saturated heterocycles. The average Bonchev–Trinajstić information content (AvgIpc) is 2.72. The summed E-state index contributed by atoms with van der Waals surface area (Å²) in [5.74, 6) is 0. The van der Waals surface area contributed by atoms with Crippen molar-refractivity contribution >= 4 is 21.6 Å². The number of aryl methyl sites for hydroxylation is 1. The van der Waals surface area contributed by atoms with E-state index in [1.54, 1.807) is 12.1 Å². The van der Waals surface area contributed by atoms with Crippen molar-refractivity contribution in [3.8, 4) is 0 Å². The lowest BCUT2D eigenvalue weighted by Gasteiger charge is -2.05. The van der Waals surface area contributed by atoms with Crippen LogP contribution in [-0.2, 0) is 20.1 Å². The van der Waals surface area contributed by atoms with E-state index in [1.165, 1.54) is 0 Å². The first-order valence-corrected chi connectivity index (χ1v) is 6.89. The number of nitrogens with one attached hydrogen (secondary N) is 1. The molecule has 1 N–H and O–H groups in total. The van der Waals surface area contributed by atoms with E-state index in [0.717, 1.165) is 16.8 Å². The largest absolute Gasteiger partial charge is 0.308 e. The predicted molar refractivity (Wildman–Crippen MR) is 79.3 cm³/mol. The Hall–Kier alpha value is -1.73. The van der Waals surface area contributed by atoms with E-state index >= 15 is 0 Å². The molecule has 6 nitrogen and oxygen atoms in total. The standard InChI is InChI=1S/C13H15BrN4O2/c1-9-11(8-16-17(9)2)7-15-6-10-3-4-12(14)13(5-10)18(19)20/h3-5,8,15H,6-7H2,1-2H3. The third-order valence-corrected chi connectivity index (χ3v) is 3.86. The quantitative estimate of drug-likeness (QED) is 0.671. The molecule has 2 aromatic rings. The number of nitrogens with zero attached hydrogens (tertiary/aromatic N) is 3. The zero-order valence-electron chi connectivity index (χ0n) is 11.3. The Kier molecular flexibility index (Phi) is 4.51. The summed E-state index contributed by atoms with van der Waals surface area (Å²) >= 11 is 3.18. The molecule has 2 rings (SSSR count). The van der Waals surface area contributed by atoms with Crippen LogP contribution >= 0.6 is 15.9 Å². The second-order valence-corrected chi connectivity index (χ2v) is 5.38. The number of aromatic nitrogens is 2. The van der Waals surface area contributed by atoms with Crippen molar-refractivity contribution in [3.63, 3.8) is 0 Å². The van der Waals surface area contributed by atoms with Gasteiger partial charge in [0, 0.05) is 37.5 Å². The number of nitro groups is 1. The van der Waals surface area contributed by atoms with Crippen LogP contribution in [0, 0.1) is 17.0 Å². The minimum atomic E-state index is -0.390. The van der Waals surface area contributed by atoms with Crippen LogP contribution in [-0.4, -0.2) is 14.7 Å². The van der Waals surface area contributed by atoms with Crippen LogP contribution < -0.4 is 5.32 Å². The molecule has 0 aliphatic rings. The molecule has 0 atom stereocenters. The summed E-state index contributed by atoms with van der Waals surface area (Å²) in [7, 11) is 1.90. The maximum atomic E-state index is 10.9. The molecule has 0 spiro atoms. The summed E-state index contributed by atoms with van der Waals surface area (Å²) in [4.78, 5) is 10.5. The number of hydrogen-bond donors (Lipinski definition) is 1. The van der Waals surface area contributed by atoms with Gasteiger partial charge in [-0.15, -0.1) is 0 Å². The zero-order chi connectivity index (χ0) is 14.7. The fourth-order valence-electron chi connectivity index (χ4n) is 1.87. The van der Waals surface area contributed by atoms with Gasteiger partial charge < -0.3 is 5.32 Å². The molecule has 0 unspecified atom stereocenters. The van der Waals surface area contributed by atoms with Crippen LogP contribution in [0.5, 0.6) is 0 Å². The first-order chi connectivity index (χ1) is 9.49. The average molecular weight is 339 g/mol. The molecule has 1 aromatic heterocycles. The summed E-state index contributed by atoms with van der Waals surface area (Å²) in [6, 6.07) is 5.14. The fourth-order valence-corrected chi connectivity index (χ4v) is 2.26. The van der Waals surface area contributed by atoms with E-state index in [9.17, 15) is 10.1 Å². The second-order valence-electron chi connectivity index (χ2n) is 4.53. The highest BCUT2D eigenvalue weighted by atomic mass is 79.9. The van der Waals surface area contributed by atoms with Crippen molar-refractivity contribution in [1.29, 1.82) is 0 Å². The first kappa shape index (κ1) is 14.7. The normalized spacial score (nSPS) is 10.8. The van der Waals surface area contributed by atoms with Crippen molar-refractivity contribution in [2.24, 2.45) is 7.05 Å². The molecule has 20 heavy (non-hydrogen) atoms. The highest BCUT2D eigenvalue weighted by Crippen LogP contribution is 2.25. The van der Waals surface area contributed by atoms with Gasteiger partial charge in [0.25, 0.3) is 5.69 Å². The van der Waals surface area contributed by atoms with Crippen molar-refractivity contribution in [1.82, 2.24) is 15.1 Å². The monoisotopic (exact) mass is 338 g/mol. The van der Waals surface area contributed by atoms with E-state index in [0.29, 0.717) is 17.6 Å². The first-order valence-electron chi connectivity index (χ1n) is 6.10. The molecule has 0 fully saturated rings. The lowest BCUT2D eigenvalue weighted by Crippen LogP contribution is -2.13. The Labute approximate surface area is 125 Å². The summed E-state index contributed by atoms with van der Waals surface area (Å²) in [6.07, 6.45) is 1.83. The van der Waals surface area contributed by atoms with Gasteiger partial charge in [0.15, 0.2) is 0 Å². The molecule has 0 bridgehead atoms.